The van der Waals surface area contributed by atoms with Crippen molar-refractivity contribution in [3.05, 3.63) is 52.0 Å². The summed E-state index contributed by atoms with van der Waals surface area (Å²) in [5.74, 6) is 0.423. The molecule has 1 aromatic carbocycles. The van der Waals surface area contributed by atoms with E-state index in [9.17, 15) is 4.79 Å². The van der Waals surface area contributed by atoms with Gasteiger partial charge >= 0.3 is 5.97 Å². The van der Waals surface area contributed by atoms with E-state index in [1.54, 1.807) is 11.8 Å². The number of hydrogen-bond acceptors (Lipinski definition) is 7. The van der Waals surface area contributed by atoms with E-state index >= 15 is 0 Å². The average molecular weight is 399 g/mol. The number of ether oxygens (including phenoxy) is 2. The van der Waals surface area contributed by atoms with Crippen molar-refractivity contribution in [3.63, 3.8) is 0 Å². The number of benzene rings is 1. The van der Waals surface area contributed by atoms with Crippen molar-refractivity contribution < 1.29 is 14.3 Å². The zero-order valence-corrected chi connectivity index (χ0v) is 16.7. The zero-order valence-electron chi connectivity index (χ0n) is 15.1. The monoisotopic (exact) mass is 399 g/mol. The van der Waals surface area contributed by atoms with E-state index in [0.717, 1.165) is 32.2 Å². The van der Waals surface area contributed by atoms with Crippen LogP contribution in [0.25, 0.3) is 20.8 Å². The highest BCUT2D eigenvalue weighted by Gasteiger charge is 2.17. The summed E-state index contributed by atoms with van der Waals surface area (Å²) in [6.45, 7) is 2.06. The summed E-state index contributed by atoms with van der Waals surface area (Å²) in [5, 5.41) is 8.07. The third-order valence-electron chi connectivity index (χ3n) is 4.14. The molecule has 0 spiro atoms. The maximum Gasteiger partial charge on any atom is 0.348 e. The van der Waals surface area contributed by atoms with Crippen LogP contribution in [0.5, 0.6) is 5.75 Å². The van der Waals surface area contributed by atoms with Gasteiger partial charge < -0.3 is 9.47 Å². The number of rotatable bonds is 5. The van der Waals surface area contributed by atoms with Crippen molar-refractivity contribution in [2.24, 2.45) is 7.05 Å². The Morgan fingerprint density at radius 1 is 1.30 bits per heavy atom. The summed E-state index contributed by atoms with van der Waals surface area (Å²) in [6.07, 6.45) is 0. The quantitative estimate of drug-likeness (QED) is 0.465. The van der Waals surface area contributed by atoms with Crippen molar-refractivity contribution in [3.8, 4) is 16.3 Å². The molecule has 0 unspecified atom stereocenters. The SMILES string of the molecule is COc1ccccc1-c1nc(COC(=O)c2cc3c(C)nn(C)c3s2)cs1. The van der Waals surface area contributed by atoms with Gasteiger partial charge in [0.2, 0.25) is 0 Å². The molecule has 0 saturated heterocycles. The third kappa shape index (κ3) is 3.33. The lowest BCUT2D eigenvalue weighted by Crippen LogP contribution is -2.03. The second-order valence-electron chi connectivity index (χ2n) is 5.96. The molecule has 3 heterocycles. The molecule has 0 aliphatic rings. The first-order valence-corrected chi connectivity index (χ1v) is 9.94. The maximum atomic E-state index is 12.4. The normalized spacial score (nSPS) is 11.1. The van der Waals surface area contributed by atoms with E-state index in [1.165, 1.54) is 22.7 Å². The number of aromatic nitrogens is 3. The van der Waals surface area contributed by atoms with Gasteiger partial charge in [0.25, 0.3) is 0 Å². The predicted molar refractivity (Wildman–Crippen MR) is 107 cm³/mol. The Labute approximate surface area is 164 Å². The number of fused-ring (bicyclic) bond motifs is 1. The van der Waals surface area contributed by atoms with Crippen LogP contribution in [0.4, 0.5) is 0 Å². The van der Waals surface area contributed by atoms with E-state index in [2.05, 4.69) is 10.1 Å². The van der Waals surface area contributed by atoms with Crippen LogP contribution < -0.4 is 4.74 Å². The number of esters is 1. The van der Waals surface area contributed by atoms with Gasteiger partial charge in [-0.25, -0.2) is 9.78 Å². The van der Waals surface area contributed by atoms with Crippen LogP contribution in [0.1, 0.15) is 21.1 Å². The lowest BCUT2D eigenvalue weighted by molar-refractivity contribution is 0.0474. The maximum absolute atomic E-state index is 12.4. The van der Waals surface area contributed by atoms with Gasteiger partial charge in [-0.1, -0.05) is 12.1 Å². The molecule has 138 valence electrons. The van der Waals surface area contributed by atoms with Crippen LogP contribution in [0.2, 0.25) is 0 Å². The molecule has 8 heteroatoms. The lowest BCUT2D eigenvalue weighted by atomic mass is 10.2. The van der Waals surface area contributed by atoms with Crippen LogP contribution in [0, 0.1) is 6.92 Å². The number of nitrogens with zero attached hydrogens (tertiary/aromatic N) is 3. The molecule has 0 fully saturated rings. The van der Waals surface area contributed by atoms with Crippen LogP contribution in [-0.4, -0.2) is 27.8 Å². The fourth-order valence-corrected chi connectivity index (χ4v) is 4.69. The molecule has 4 aromatic rings. The van der Waals surface area contributed by atoms with Crippen LogP contribution in [0.15, 0.2) is 35.7 Å². The van der Waals surface area contributed by atoms with Crippen LogP contribution >= 0.6 is 22.7 Å². The lowest BCUT2D eigenvalue weighted by Gasteiger charge is -2.04. The number of thiophene rings is 1. The highest BCUT2D eigenvalue weighted by molar-refractivity contribution is 7.20. The first-order chi connectivity index (χ1) is 13.1. The Kier molecular flexibility index (Phi) is 4.67. The average Bonchev–Trinajstić information content (AvgIpc) is 3.38. The minimum absolute atomic E-state index is 0.135. The van der Waals surface area contributed by atoms with Crippen molar-refractivity contribution in [2.45, 2.75) is 13.5 Å². The minimum Gasteiger partial charge on any atom is -0.496 e. The Bertz CT molecular complexity index is 1090. The molecular formula is C19H17N3O3S2. The topological polar surface area (TPSA) is 66.2 Å². The number of carbonyl (C=O) groups excluding carboxylic acids is 1. The number of para-hydroxylation sites is 1. The second kappa shape index (κ2) is 7.13. The Balaban J connectivity index is 1.48. The van der Waals surface area contributed by atoms with Crippen LogP contribution in [-0.2, 0) is 18.4 Å². The Morgan fingerprint density at radius 3 is 2.89 bits per heavy atom. The van der Waals surface area contributed by atoms with Crippen molar-refractivity contribution in [1.82, 2.24) is 14.8 Å². The van der Waals surface area contributed by atoms with Crippen LogP contribution in [0.3, 0.4) is 0 Å². The van der Waals surface area contributed by atoms with Gasteiger partial charge in [0.1, 0.15) is 27.1 Å². The summed E-state index contributed by atoms with van der Waals surface area (Å²) < 4.78 is 12.6. The smallest absolute Gasteiger partial charge is 0.348 e. The summed E-state index contributed by atoms with van der Waals surface area (Å²) in [4.78, 5) is 18.5. The fourth-order valence-electron chi connectivity index (χ4n) is 2.83. The Morgan fingerprint density at radius 2 is 2.11 bits per heavy atom. The van der Waals surface area contributed by atoms with Crippen molar-refractivity contribution >= 4 is 38.9 Å². The zero-order chi connectivity index (χ0) is 19.0. The van der Waals surface area contributed by atoms with Crippen molar-refractivity contribution in [1.29, 1.82) is 0 Å². The van der Waals surface area contributed by atoms with Crippen molar-refractivity contribution in [2.75, 3.05) is 7.11 Å². The molecule has 4 rings (SSSR count). The summed E-state index contributed by atoms with van der Waals surface area (Å²) in [6, 6.07) is 9.56. The Hall–Kier alpha value is -2.71. The van der Waals surface area contributed by atoms with Gasteiger partial charge in [-0.05, 0) is 25.1 Å². The molecule has 27 heavy (non-hydrogen) atoms. The molecular weight excluding hydrogens is 382 g/mol. The van der Waals surface area contributed by atoms with Gasteiger partial charge in [-0.15, -0.1) is 22.7 Å². The first-order valence-electron chi connectivity index (χ1n) is 8.25. The van der Waals surface area contributed by atoms with Gasteiger partial charge in [0.15, 0.2) is 0 Å². The van der Waals surface area contributed by atoms with E-state index in [0.29, 0.717) is 10.6 Å². The minimum atomic E-state index is -0.345. The molecule has 0 N–H and O–H groups in total. The number of thiazole rings is 1. The van der Waals surface area contributed by atoms with E-state index < -0.39 is 0 Å². The molecule has 0 aliphatic heterocycles. The highest BCUT2D eigenvalue weighted by Crippen LogP contribution is 2.32. The molecule has 0 saturated carbocycles. The second-order valence-corrected chi connectivity index (χ2v) is 7.85. The van der Waals surface area contributed by atoms with Gasteiger partial charge in [0, 0.05) is 17.8 Å². The van der Waals surface area contributed by atoms with Gasteiger partial charge in [-0.3, -0.25) is 4.68 Å². The van der Waals surface area contributed by atoms with Gasteiger partial charge in [-0.2, -0.15) is 5.10 Å². The summed E-state index contributed by atoms with van der Waals surface area (Å²) in [7, 11) is 3.51. The molecule has 6 nitrogen and oxygen atoms in total. The molecule has 3 aromatic heterocycles. The largest absolute Gasteiger partial charge is 0.496 e. The number of aryl methyl sites for hydroxylation is 2. The standard InChI is InChI=1S/C19H17N3O3S2/c1-11-14-8-16(27-18(14)22(2)21-11)19(23)25-9-12-10-26-17(20-12)13-6-4-5-7-15(13)24-3/h4-8,10H,9H2,1-3H3. The first kappa shape index (κ1) is 17.7. The summed E-state index contributed by atoms with van der Waals surface area (Å²) >= 11 is 2.88. The predicted octanol–water partition coefficient (Wildman–Crippen LogP) is 4.43. The molecule has 0 atom stereocenters. The van der Waals surface area contributed by atoms with Gasteiger partial charge in [0.05, 0.1) is 24.1 Å². The number of hydrogen-bond donors (Lipinski definition) is 0. The highest BCUT2D eigenvalue weighted by atomic mass is 32.1. The number of methoxy groups -OCH3 is 1. The molecule has 0 amide bonds. The third-order valence-corrected chi connectivity index (χ3v) is 6.24. The fraction of sp³-hybridized carbons (Fsp3) is 0.211. The molecule has 0 aliphatic carbocycles. The van der Waals surface area contributed by atoms with E-state index in [1.807, 2.05) is 49.7 Å². The van der Waals surface area contributed by atoms with E-state index in [4.69, 9.17) is 9.47 Å². The van der Waals surface area contributed by atoms with E-state index in [-0.39, 0.29) is 12.6 Å². The summed E-state index contributed by atoms with van der Waals surface area (Å²) in [5.41, 5.74) is 2.55. The number of carbonyl (C=O) groups is 1. The molecule has 0 radical (unpaired) electrons. The molecule has 0 bridgehead atoms.